The Kier molecular flexibility index (Phi) is 7.11. The number of nitrogens with zero attached hydrogens (tertiary/aromatic N) is 3. The van der Waals surface area contributed by atoms with Gasteiger partial charge >= 0.3 is 6.18 Å². The molecular formula is C24H16ClF3N6O2. The van der Waals surface area contributed by atoms with Gasteiger partial charge in [0.05, 0.1) is 46.1 Å². The molecule has 2 amide bonds. The first kappa shape index (κ1) is 24.6. The second-order valence-electron chi connectivity index (χ2n) is 7.34. The number of aromatic nitrogens is 3. The second-order valence-corrected chi connectivity index (χ2v) is 7.75. The highest BCUT2D eigenvalue weighted by atomic mass is 35.5. The Labute approximate surface area is 207 Å². The molecule has 0 spiro atoms. The molecule has 0 saturated carbocycles. The number of anilines is 4. The SMILES string of the molecule is O=C(Nc1ccc(Cl)c(C(=O)Nc2cnc(Nc3cccnc3)nc2)c1)c1cccc(C(F)(F)F)c1. The van der Waals surface area contributed by atoms with Gasteiger partial charge in [-0.1, -0.05) is 17.7 Å². The third-order valence-electron chi connectivity index (χ3n) is 4.75. The number of nitrogens with one attached hydrogen (secondary N) is 3. The van der Waals surface area contributed by atoms with Gasteiger partial charge in [0, 0.05) is 17.4 Å². The number of hydrogen-bond acceptors (Lipinski definition) is 6. The Bertz CT molecular complexity index is 1400. The molecule has 182 valence electrons. The molecule has 4 aromatic rings. The van der Waals surface area contributed by atoms with E-state index in [9.17, 15) is 22.8 Å². The number of halogens is 4. The summed E-state index contributed by atoms with van der Waals surface area (Å²) in [7, 11) is 0. The summed E-state index contributed by atoms with van der Waals surface area (Å²) in [6.45, 7) is 0. The fraction of sp³-hybridized carbons (Fsp3) is 0.0417. The average molecular weight is 513 g/mol. The fourth-order valence-electron chi connectivity index (χ4n) is 3.04. The van der Waals surface area contributed by atoms with Crippen molar-refractivity contribution in [2.45, 2.75) is 6.18 Å². The Balaban J connectivity index is 1.44. The minimum atomic E-state index is -4.58. The molecule has 0 radical (unpaired) electrons. The quantitative estimate of drug-likeness (QED) is 0.301. The van der Waals surface area contributed by atoms with Crippen LogP contribution in [0.1, 0.15) is 26.3 Å². The zero-order valence-electron chi connectivity index (χ0n) is 18.2. The Morgan fingerprint density at radius 3 is 2.25 bits per heavy atom. The highest BCUT2D eigenvalue weighted by molar-refractivity contribution is 6.34. The van der Waals surface area contributed by atoms with E-state index in [2.05, 4.69) is 30.9 Å². The number of carbonyl (C=O) groups is 2. The number of benzene rings is 2. The predicted octanol–water partition coefficient (Wildman–Crippen LogP) is 5.79. The van der Waals surface area contributed by atoms with Crippen molar-refractivity contribution < 1.29 is 22.8 Å². The van der Waals surface area contributed by atoms with Crippen LogP contribution in [0.4, 0.5) is 36.2 Å². The Morgan fingerprint density at radius 1 is 0.806 bits per heavy atom. The van der Waals surface area contributed by atoms with Gasteiger partial charge in [-0.3, -0.25) is 14.6 Å². The van der Waals surface area contributed by atoms with Crippen LogP contribution in [0.15, 0.2) is 79.4 Å². The summed E-state index contributed by atoms with van der Waals surface area (Å²) in [5, 5.41) is 8.12. The lowest BCUT2D eigenvalue weighted by molar-refractivity contribution is -0.137. The molecule has 0 aliphatic heterocycles. The summed E-state index contributed by atoms with van der Waals surface area (Å²) in [4.78, 5) is 37.5. The topological polar surface area (TPSA) is 109 Å². The summed E-state index contributed by atoms with van der Waals surface area (Å²) in [6, 6.07) is 11.6. The van der Waals surface area contributed by atoms with Crippen molar-refractivity contribution in [3.63, 3.8) is 0 Å². The van der Waals surface area contributed by atoms with Crippen molar-refractivity contribution in [3.8, 4) is 0 Å². The van der Waals surface area contributed by atoms with E-state index >= 15 is 0 Å². The van der Waals surface area contributed by atoms with E-state index in [-0.39, 0.29) is 27.5 Å². The molecule has 0 aliphatic rings. The van der Waals surface area contributed by atoms with Crippen LogP contribution in [-0.2, 0) is 6.18 Å². The average Bonchev–Trinajstić information content (AvgIpc) is 2.86. The fourth-order valence-corrected chi connectivity index (χ4v) is 3.24. The van der Waals surface area contributed by atoms with Gasteiger partial charge < -0.3 is 16.0 Å². The number of hydrogen-bond donors (Lipinski definition) is 3. The zero-order chi connectivity index (χ0) is 25.7. The number of rotatable bonds is 6. The maximum atomic E-state index is 12.9. The van der Waals surface area contributed by atoms with Gasteiger partial charge in [0.15, 0.2) is 0 Å². The summed E-state index contributed by atoms with van der Waals surface area (Å²) >= 11 is 6.15. The van der Waals surface area contributed by atoms with E-state index in [1.54, 1.807) is 24.5 Å². The van der Waals surface area contributed by atoms with Gasteiger partial charge in [-0.15, -0.1) is 0 Å². The van der Waals surface area contributed by atoms with Crippen molar-refractivity contribution in [1.29, 1.82) is 0 Å². The first-order chi connectivity index (χ1) is 17.2. The van der Waals surface area contributed by atoms with Crippen LogP contribution in [0.2, 0.25) is 5.02 Å². The van der Waals surface area contributed by atoms with E-state index in [0.717, 1.165) is 18.2 Å². The molecule has 2 aromatic carbocycles. The van der Waals surface area contributed by atoms with E-state index in [0.29, 0.717) is 11.6 Å². The van der Waals surface area contributed by atoms with Gasteiger partial charge in [0.25, 0.3) is 11.8 Å². The number of carbonyl (C=O) groups excluding carboxylic acids is 2. The van der Waals surface area contributed by atoms with Crippen LogP contribution in [-0.4, -0.2) is 26.8 Å². The zero-order valence-corrected chi connectivity index (χ0v) is 18.9. The van der Waals surface area contributed by atoms with Gasteiger partial charge in [-0.2, -0.15) is 13.2 Å². The molecule has 0 fully saturated rings. The van der Waals surface area contributed by atoms with Gasteiger partial charge in [-0.05, 0) is 48.5 Å². The molecule has 0 unspecified atom stereocenters. The summed E-state index contributed by atoms with van der Waals surface area (Å²) < 4.78 is 38.8. The van der Waals surface area contributed by atoms with Crippen molar-refractivity contribution in [1.82, 2.24) is 15.0 Å². The molecule has 0 bridgehead atoms. The third kappa shape index (κ3) is 6.13. The number of pyridine rings is 1. The van der Waals surface area contributed by atoms with Crippen LogP contribution in [0.25, 0.3) is 0 Å². The molecule has 36 heavy (non-hydrogen) atoms. The minimum absolute atomic E-state index is 0.0241. The van der Waals surface area contributed by atoms with E-state index < -0.39 is 23.6 Å². The molecule has 0 atom stereocenters. The van der Waals surface area contributed by atoms with Gasteiger partial charge in [-0.25, -0.2) is 9.97 Å². The monoisotopic (exact) mass is 512 g/mol. The molecule has 0 aliphatic carbocycles. The van der Waals surface area contributed by atoms with Crippen molar-refractivity contribution in [2.24, 2.45) is 0 Å². The Morgan fingerprint density at radius 2 is 1.56 bits per heavy atom. The standard InChI is InChI=1S/C24H16ClF3N6O2/c25-20-7-6-16(32-21(35)14-3-1-4-15(9-14)24(26,27)28)10-19(20)22(36)33-18-12-30-23(31-13-18)34-17-5-2-8-29-11-17/h1-13H,(H,32,35)(H,33,36)(H,30,31,34). The van der Waals surface area contributed by atoms with Crippen LogP contribution in [0.5, 0.6) is 0 Å². The predicted molar refractivity (Wildman–Crippen MR) is 128 cm³/mol. The number of amides is 2. The molecule has 2 heterocycles. The van der Waals surface area contributed by atoms with Crippen molar-refractivity contribution >= 4 is 46.4 Å². The molecule has 0 saturated heterocycles. The maximum absolute atomic E-state index is 12.9. The lowest BCUT2D eigenvalue weighted by Crippen LogP contribution is -2.16. The first-order valence-electron chi connectivity index (χ1n) is 10.3. The molecular weight excluding hydrogens is 497 g/mol. The van der Waals surface area contributed by atoms with Crippen LogP contribution in [0.3, 0.4) is 0 Å². The highest BCUT2D eigenvalue weighted by Crippen LogP contribution is 2.30. The summed E-state index contributed by atoms with van der Waals surface area (Å²) in [5.74, 6) is -1.09. The Hall–Kier alpha value is -4.51. The molecule has 3 N–H and O–H groups in total. The maximum Gasteiger partial charge on any atom is 0.416 e. The molecule has 4 rings (SSSR count). The van der Waals surface area contributed by atoms with Crippen LogP contribution < -0.4 is 16.0 Å². The van der Waals surface area contributed by atoms with Crippen molar-refractivity contribution in [2.75, 3.05) is 16.0 Å². The molecule has 2 aromatic heterocycles. The smallest absolute Gasteiger partial charge is 0.323 e. The van der Waals surface area contributed by atoms with Crippen LogP contribution in [0, 0.1) is 0 Å². The van der Waals surface area contributed by atoms with Gasteiger partial charge in [0.1, 0.15) is 0 Å². The van der Waals surface area contributed by atoms with Crippen molar-refractivity contribution in [3.05, 3.63) is 101 Å². The summed E-state index contributed by atoms with van der Waals surface area (Å²) in [6.07, 6.45) is 1.41. The van der Waals surface area contributed by atoms with E-state index in [1.165, 1.54) is 36.7 Å². The normalized spacial score (nSPS) is 11.0. The van der Waals surface area contributed by atoms with E-state index in [1.807, 2.05) is 0 Å². The second kappa shape index (κ2) is 10.4. The largest absolute Gasteiger partial charge is 0.416 e. The third-order valence-corrected chi connectivity index (χ3v) is 5.08. The van der Waals surface area contributed by atoms with Gasteiger partial charge in [0.2, 0.25) is 5.95 Å². The number of alkyl halides is 3. The van der Waals surface area contributed by atoms with E-state index in [4.69, 9.17) is 11.6 Å². The molecule has 8 nitrogen and oxygen atoms in total. The highest BCUT2D eigenvalue weighted by Gasteiger charge is 2.31. The lowest BCUT2D eigenvalue weighted by atomic mass is 10.1. The minimum Gasteiger partial charge on any atom is -0.323 e. The van der Waals surface area contributed by atoms with Crippen LogP contribution >= 0.6 is 11.6 Å². The lowest BCUT2D eigenvalue weighted by Gasteiger charge is -2.11. The molecule has 12 heteroatoms. The summed E-state index contributed by atoms with van der Waals surface area (Å²) in [5.41, 5.74) is 0.0182. The first-order valence-corrected chi connectivity index (χ1v) is 10.7.